The van der Waals surface area contributed by atoms with Crippen molar-refractivity contribution in [1.82, 2.24) is 19.7 Å². The summed E-state index contributed by atoms with van der Waals surface area (Å²) in [5.74, 6) is 0.00922. The van der Waals surface area contributed by atoms with E-state index < -0.39 is 10.0 Å². The summed E-state index contributed by atoms with van der Waals surface area (Å²) in [6.45, 7) is 0.142. The average Bonchev–Trinajstić information content (AvgIpc) is 2.16. The number of anilines is 2. The summed E-state index contributed by atoms with van der Waals surface area (Å²) in [7, 11) is -1.92. The first-order valence-corrected chi connectivity index (χ1v) is 6.28. The second-order valence-corrected chi connectivity index (χ2v) is 5.12. The van der Waals surface area contributed by atoms with Crippen LogP contribution in [0.2, 0.25) is 5.28 Å². The zero-order chi connectivity index (χ0) is 12.2. The van der Waals surface area contributed by atoms with E-state index >= 15 is 0 Å². The molecule has 0 bridgehead atoms. The third-order valence-electron chi connectivity index (χ3n) is 1.59. The Morgan fingerprint density at radius 3 is 2.62 bits per heavy atom. The number of nitrogens with two attached hydrogens (primary N) is 1. The van der Waals surface area contributed by atoms with Crippen molar-refractivity contribution in [2.24, 2.45) is 0 Å². The second kappa shape index (κ2) is 5.23. The summed E-state index contributed by atoms with van der Waals surface area (Å²) in [4.78, 5) is 11.0. The molecule has 0 amide bonds. The van der Waals surface area contributed by atoms with Crippen LogP contribution in [0.3, 0.4) is 0 Å². The van der Waals surface area contributed by atoms with Crippen molar-refractivity contribution in [3.05, 3.63) is 5.28 Å². The maximum atomic E-state index is 11.1. The molecule has 1 rings (SSSR count). The smallest absolute Gasteiger partial charge is 0.228 e. The standard InChI is InChI=1S/C6H11ClN6O2S/c1-9-16(14,15)3-2-10-6-12-4(7)11-5(8)13-6/h9H,2-3H2,1H3,(H3,8,10,11,12,13). The fraction of sp³-hybridized carbons (Fsp3) is 0.500. The van der Waals surface area contributed by atoms with Gasteiger partial charge in [-0.3, -0.25) is 0 Å². The highest BCUT2D eigenvalue weighted by atomic mass is 35.5. The number of aromatic nitrogens is 3. The van der Waals surface area contributed by atoms with E-state index in [1.165, 1.54) is 7.05 Å². The van der Waals surface area contributed by atoms with Crippen LogP contribution in [0.5, 0.6) is 0 Å². The molecule has 0 saturated heterocycles. The van der Waals surface area contributed by atoms with Gasteiger partial charge >= 0.3 is 0 Å². The van der Waals surface area contributed by atoms with E-state index in [-0.39, 0.29) is 29.5 Å². The molecule has 8 nitrogen and oxygen atoms in total. The molecule has 90 valence electrons. The van der Waals surface area contributed by atoms with E-state index in [2.05, 4.69) is 25.0 Å². The van der Waals surface area contributed by atoms with Crippen molar-refractivity contribution in [2.45, 2.75) is 0 Å². The van der Waals surface area contributed by atoms with Crippen LogP contribution >= 0.6 is 11.6 Å². The van der Waals surface area contributed by atoms with Gasteiger partial charge in [0.2, 0.25) is 27.2 Å². The Bertz CT molecular complexity index is 444. The van der Waals surface area contributed by atoms with Crippen LogP contribution in [0.1, 0.15) is 0 Å². The van der Waals surface area contributed by atoms with E-state index in [1.54, 1.807) is 0 Å². The van der Waals surface area contributed by atoms with Crippen molar-refractivity contribution in [2.75, 3.05) is 30.4 Å². The maximum Gasteiger partial charge on any atom is 0.228 e. The summed E-state index contributed by atoms with van der Waals surface area (Å²) in [6, 6.07) is 0. The number of nitrogens with zero attached hydrogens (tertiary/aromatic N) is 3. The minimum atomic E-state index is -3.26. The number of sulfonamides is 1. The lowest BCUT2D eigenvalue weighted by Gasteiger charge is -2.05. The summed E-state index contributed by atoms with van der Waals surface area (Å²) in [5, 5.41) is 2.62. The van der Waals surface area contributed by atoms with Crippen LogP contribution in [0.15, 0.2) is 0 Å². The van der Waals surface area contributed by atoms with Crippen molar-refractivity contribution < 1.29 is 8.42 Å². The number of nitrogens with one attached hydrogen (secondary N) is 2. The van der Waals surface area contributed by atoms with Crippen molar-refractivity contribution in [1.29, 1.82) is 0 Å². The first-order valence-electron chi connectivity index (χ1n) is 4.25. The highest BCUT2D eigenvalue weighted by Crippen LogP contribution is 2.06. The molecule has 4 N–H and O–H groups in total. The molecule has 0 saturated carbocycles. The predicted octanol–water partition coefficient (Wildman–Crippen LogP) is -0.932. The minimum absolute atomic E-state index is 0.0287. The van der Waals surface area contributed by atoms with Gasteiger partial charge in [0.25, 0.3) is 0 Å². The fourth-order valence-electron chi connectivity index (χ4n) is 0.844. The van der Waals surface area contributed by atoms with E-state index in [9.17, 15) is 8.42 Å². The molecular formula is C6H11ClN6O2S. The summed E-state index contributed by atoms with van der Waals surface area (Å²) < 4.78 is 24.3. The third-order valence-corrected chi connectivity index (χ3v) is 3.12. The highest BCUT2D eigenvalue weighted by Gasteiger charge is 2.07. The fourth-order valence-corrected chi connectivity index (χ4v) is 1.59. The molecule has 0 aliphatic heterocycles. The maximum absolute atomic E-state index is 11.1. The molecule has 16 heavy (non-hydrogen) atoms. The highest BCUT2D eigenvalue weighted by molar-refractivity contribution is 7.89. The Morgan fingerprint density at radius 1 is 1.38 bits per heavy atom. The van der Waals surface area contributed by atoms with Gasteiger partial charge in [-0.1, -0.05) is 0 Å². The lowest BCUT2D eigenvalue weighted by Crippen LogP contribution is -2.26. The molecule has 0 unspecified atom stereocenters. The Kier molecular flexibility index (Phi) is 4.21. The molecule has 0 atom stereocenters. The number of rotatable bonds is 5. The Hall–Kier alpha value is -1.19. The molecule has 1 aromatic heterocycles. The zero-order valence-corrected chi connectivity index (χ0v) is 10.0. The third kappa shape index (κ3) is 4.13. The first-order chi connectivity index (χ1) is 7.43. The van der Waals surface area contributed by atoms with Crippen molar-refractivity contribution in [3.8, 4) is 0 Å². The summed E-state index contributed by atoms with van der Waals surface area (Å²) >= 11 is 5.53. The van der Waals surface area contributed by atoms with Crippen LogP contribution in [0.25, 0.3) is 0 Å². The Morgan fingerprint density at radius 2 is 2.06 bits per heavy atom. The van der Waals surface area contributed by atoms with Gasteiger partial charge in [-0.05, 0) is 18.6 Å². The molecule has 0 aliphatic rings. The Labute approximate surface area is 97.7 Å². The minimum Gasteiger partial charge on any atom is -0.368 e. The van der Waals surface area contributed by atoms with Crippen LogP contribution in [0.4, 0.5) is 11.9 Å². The average molecular weight is 267 g/mol. The van der Waals surface area contributed by atoms with E-state index in [0.29, 0.717) is 0 Å². The summed E-state index contributed by atoms with van der Waals surface area (Å²) in [5.41, 5.74) is 5.33. The first kappa shape index (κ1) is 12.9. The zero-order valence-electron chi connectivity index (χ0n) is 8.44. The number of hydrogen-bond acceptors (Lipinski definition) is 7. The largest absolute Gasteiger partial charge is 0.368 e. The van der Waals surface area contributed by atoms with Gasteiger partial charge in [0.05, 0.1) is 5.75 Å². The van der Waals surface area contributed by atoms with E-state index in [4.69, 9.17) is 17.3 Å². The number of hydrogen-bond donors (Lipinski definition) is 3. The summed E-state index contributed by atoms with van der Waals surface area (Å²) in [6.07, 6.45) is 0. The van der Waals surface area contributed by atoms with Crippen LogP contribution < -0.4 is 15.8 Å². The van der Waals surface area contributed by atoms with Gasteiger partial charge in [0.15, 0.2) is 0 Å². The van der Waals surface area contributed by atoms with Crippen molar-refractivity contribution in [3.63, 3.8) is 0 Å². The molecule has 10 heteroatoms. The van der Waals surface area contributed by atoms with Gasteiger partial charge in [-0.2, -0.15) is 15.0 Å². The normalized spacial score (nSPS) is 11.4. The van der Waals surface area contributed by atoms with Crippen LogP contribution in [0, 0.1) is 0 Å². The number of nitrogen functional groups attached to an aromatic ring is 1. The molecule has 0 spiro atoms. The van der Waals surface area contributed by atoms with Gasteiger partial charge in [0.1, 0.15) is 0 Å². The lowest BCUT2D eigenvalue weighted by atomic mass is 10.7. The topological polar surface area (TPSA) is 123 Å². The molecule has 0 aliphatic carbocycles. The number of halogens is 1. The lowest BCUT2D eigenvalue weighted by molar-refractivity contribution is 0.588. The van der Waals surface area contributed by atoms with E-state index in [0.717, 1.165) is 0 Å². The van der Waals surface area contributed by atoms with Gasteiger partial charge < -0.3 is 11.1 Å². The molecule has 1 heterocycles. The quantitative estimate of drug-likeness (QED) is 0.629. The Balaban J connectivity index is 2.55. The monoisotopic (exact) mass is 266 g/mol. The predicted molar refractivity (Wildman–Crippen MR) is 60.6 cm³/mol. The van der Waals surface area contributed by atoms with E-state index in [1.807, 2.05) is 0 Å². The molecule has 0 fully saturated rings. The van der Waals surface area contributed by atoms with Gasteiger partial charge in [-0.25, -0.2) is 13.1 Å². The van der Waals surface area contributed by atoms with Gasteiger partial charge in [-0.15, -0.1) is 0 Å². The second-order valence-electron chi connectivity index (χ2n) is 2.74. The molecule has 0 aromatic carbocycles. The van der Waals surface area contributed by atoms with Gasteiger partial charge in [0, 0.05) is 6.54 Å². The van der Waals surface area contributed by atoms with Crippen molar-refractivity contribution >= 4 is 33.5 Å². The molecule has 0 radical (unpaired) electrons. The van der Waals surface area contributed by atoms with Crippen LogP contribution in [-0.2, 0) is 10.0 Å². The molecule has 1 aromatic rings. The SMILES string of the molecule is CNS(=O)(=O)CCNc1nc(N)nc(Cl)n1. The van der Waals surface area contributed by atoms with Crippen LogP contribution in [-0.4, -0.2) is 42.7 Å². The molecular weight excluding hydrogens is 256 g/mol.